The van der Waals surface area contributed by atoms with Crippen LogP contribution >= 0.6 is 11.6 Å². The normalized spacial score (nSPS) is 10.8. The summed E-state index contributed by atoms with van der Waals surface area (Å²) in [4.78, 5) is 12.3. The van der Waals surface area contributed by atoms with Gasteiger partial charge in [0.15, 0.2) is 18.1 Å². The molecule has 3 rings (SSSR count). The number of hydrogen-bond acceptors (Lipinski definition) is 6. The van der Waals surface area contributed by atoms with Crippen molar-refractivity contribution in [1.29, 1.82) is 0 Å². The van der Waals surface area contributed by atoms with Crippen molar-refractivity contribution in [3.05, 3.63) is 58.7 Å². The van der Waals surface area contributed by atoms with E-state index in [1.807, 2.05) is 19.1 Å². The lowest BCUT2D eigenvalue weighted by Gasteiger charge is -2.07. The van der Waals surface area contributed by atoms with Crippen LogP contribution in [0.25, 0.3) is 5.69 Å². The van der Waals surface area contributed by atoms with Gasteiger partial charge in [-0.25, -0.2) is 9.48 Å². The zero-order chi connectivity index (χ0) is 16.9. The van der Waals surface area contributed by atoms with Gasteiger partial charge in [0, 0.05) is 11.1 Å². The second kappa shape index (κ2) is 7.27. The number of hydrogen-bond donors (Lipinski definition) is 0. The van der Waals surface area contributed by atoms with E-state index in [1.165, 1.54) is 6.20 Å². The van der Waals surface area contributed by atoms with Crippen LogP contribution in [0.3, 0.4) is 0 Å². The van der Waals surface area contributed by atoms with Crippen molar-refractivity contribution in [2.45, 2.75) is 26.4 Å². The van der Waals surface area contributed by atoms with E-state index in [0.717, 1.165) is 12.1 Å². The monoisotopic (exact) mass is 346 g/mol. The van der Waals surface area contributed by atoms with Crippen molar-refractivity contribution in [3.63, 3.8) is 0 Å². The molecule has 0 aliphatic carbocycles. The number of nitrogens with zero attached hydrogens (tertiary/aromatic N) is 4. The Morgan fingerprint density at radius 1 is 1.38 bits per heavy atom. The molecular weight excluding hydrogens is 332 g/mol. The van der Waals surface area contributed by atoms with E-state index in [1.54, 1.807) is 22.9 Å². The summed E-state index contributed by atoms with van der Waals surface area (Å²) in [7, 11) is 0. The maximum atomic E-state index is 12.3. The number of halogens is 1. The number of ether oxygens (including phenoxy) is 1. The van der Waals surface area contributed by atoms with E-state index >= 15 is 0 Å². The molecule has 0 aliphatic rings. The average molecular weight is 347 g/mol. The third kappa shape index (κ3) is 3.46. The summed E-state index contributed by atoms with van der Waals surface area (Å²) in [6.45, 7) is 2.01. The van der Waals surface area contributed by atoms with Crippen molar-refractivity contribution in [2.75, 3.05) is 0 Å². The van der Waals surface area contributed by atoms with E-state index in [9.17, 15) is 4.79 Å². The van der Waals surface area contributed by atoms with E-state index < -0.39 is 5.97 Å². The quantitative estimate of drug-likeness (QED) is 0.637. The van der Waals surface area contributed by atoms with Gasteiger partial charge in [-0.15, -0.1) is 5.10 Å². The minimum atomic E-state index is -0.553. The fourth-order valence-electron chi connectivity index (χ4n) is 2.26. The highest BCUT2D eigenvalue weighted by Crippen LogP contribution is 2.19. The molecule has 0 aliphatic heterocycles. The lowest BCUT2D eigenvalue weighted by Crippen LogP contribution is -2.10. The third-order valence-corrected chi connectivity index (χ3v) is 3.57. The van der Waals surface area contributed by atoms with Crippen molar-refractivity contribution < 1.29 is 14.1 Å². The van der Waals surface area contributed by atoms with Gasteiger partial charge < -0.3 is 9.26 Å². The van der Waals surface area contributed by atoms with E-state index in [2.05, 4.69) is 15.5 Å². The number of esters is 1. The molecule has 0 N–H and O–H groups in total. The molecule has 0 saturated heterocycles. The van der Waals surface area contributed by atoms with Crippen LogP contribution in [0, 0.1) is 0 Å². The summed E-state index contributed by atoms with van der Waals surface area (Å²) in [6, 6.07) is 8.83. The first-order valence-corrected chi connectivity index (χ1v) is 7.84. The fourth-order valence-corrected chi connectivity index (χ4v) is 2.44. The molecule has 0 fully saturated rings. The van der Waals surface area contributed by atoms with E-state index in [4.69, 9.17) is 20.9 Å². The van der Waals surface area contributed by atoms with Crippen molar-refractivity contribution in [1.82, 2.24) is 20.2 Å². The Hall–Kier alpha value is -2.67. The fraction of sp³-hybridized carbons (Fsp3) is 0.250. The van der Waals surface area contributed by atoms with Gasteiger partial charge in [0.05, 0.1) is 17.6 Å². The predicted octanol–water partition coefficient (Wildman–Crippen LogP) is 3.22. The Balaban J connectivity index is 1.86. The van der Waals surface area contributed by atoms with Gasteiger partial charge in [0.2, 0.25) is 0 Å². The summed E-state index contributed by atoms with van der Waals surface area (Å²) < 4.78 is 11.7. The second-order valence-corrected chi connectivity index (χ2v) is 5.52. The lowest BCUT2D eigenvalue weighted by molar-refractivity contribution is 0.0429. The van der Waals surface area contributed by atoms with Crippen molar-refractivity contribution in [3.8, 4) is 5.69 Å². The highest BCUT2D eigenvalue weighted by molar-refractivity contribution is 6.30. The summed E-state index contributed by atoms with van der Waals surface area (Å²) in [5.41, 5.74) is 1.62. The zero-order valence-electron chi connectivity index (χ0n) is 13.0. The Morgan fingerprint density at radius 2 is 2.25 bits per heavy atom. The summed E-state index contributed by atoms with van der Waals surface area (Å²) in [6.07, 6.45) is 2.95. The average Bonchev–Trinajstić information content (AvgIpc) is 3.23. The summed E-state index contributed by atoms with van der Waals surface area (Å²) >= 11 is 6.03. The number of benzene rings is 1. The van der Waals surface area contributed by atoms with Crippen LogP contribution in [0.15, 0.2) is 41.1 Å². The molecule has 3 aromatic rings. The predicted molar refractivity (Wildman–Crippen MR) is 86.0 cm³/mol. The van der Waals surface area contributed by atoms with Crippen LogP contribution < -0.4 is 0 Å². The molecule has 0 bridgehead atoms. The number of carbonyl (C=O) groups is 1. The molecule has 0 atom stereocenters. The first kappa shape index (κ1) is 16.2. The molecule has 8 heteroatoms. The molecule has 0 unspecified atom stereocenters. The van der Waals surface area contributed by atoms with E-state index in [-0.39, 0.29) is 12.3 Å². The SMILES string of the molecule is CCCc1c(C(=O)OCc2ccno2)nnn1-c1cccc(Cl)c1. The largest absolute Gasteiger partial charge is 0.453 e. The molecule has 7 nitrogen and oxygen atoms in total. The van der Waals surface area contributed by atoms with E-state index in [0.29, 0.717) is 22.9 Å². The summed E-state index contributed by atoms with van der Waals surface area (Å²) in [5, 5.41) is 12.2. The molecule has 24 heavy (non-hydrogen) atoms. The van der Waals surface area contributed by atoms with Gasteiger partial charge in [0.1, 0.15) is 0 Å². The van der Waals surface area contributed by atoms with Crippen LogP contribution in [-0.2, 0) is 17.8 Å². The molecule has 0 amide bonds. The molecule has 1 aromatic carbocycles. The Kier molecular flexibility index (Phi) is 4.90. The van der Waals surface area contributed by atoms with Crippen LogP contribution in [0.5, 0.6) is 0 Å². The van der Waals surface area contributed by atoms with Gasteiger partial charge in [-0.2, -0.15) is 0 Å². The van der Waals surface area contributed by atoms with Crippen LogP contribution in [0.2, 0.25) is 5.02 Å². The first-order chi connectivity index (χ1) is 11.7. The van der Waals surface area contributed by atoms with Gasteiger partial charge >= 0.3 is 5.97 Å². The number of rotatable bonds is 6. The topological polar surface area (TPSA) is 83.0 Å². The highest BCUT2D eigenvalue weighted by Gasteiger charge is 2.21. The van der Waals surface area contributed by atoms with Gasteiger partial charge in [0.25, 0.3) is 0 Å². The first-order valence-electron chi connectivity index (χ1n) is 7.46. The number of carbonyl (C=O) groups excluding carboxylic acids is 1. The standard InChI is InChI=1S/C16H15ClN4O3/c1-2-4-14-15(16(22)23-10-13-7-8-18-24-13)19-20-21(14)12-6-3-5-11(17)9-12/h3,5-9H,2,4,10H2,1H3. The van der Waals surface area contributed by atoms with Gasteiger partial charge in [-0.3, -0.25) is 0 Å². The minimum absolute atomic E-state index is 0.00553. The smallest absolute Gasteiger partial charge is 0.361 e. The second-order valence-electron chi connectivity index (χ2n) is 5.08. The highest BCUT2D eigenvalue weighted by atomic mass is 35.5. The third-order valence-electron chi connectivity index (χ3n) is 3.33. The molecule has 124 valence electrons. The van der Waals surface area contributed by atoms with Gasteiger partial charge in [-0.05, 0) is 24.6 Å². The Bertz CT molecular complexity index is 830. The molecule has 0 saturated carbocycles. The minimum Gasteiger partial charge on any atom is -0.453 e. The van der Waals surface area contributed by atoms with Gasteiger partial charge in [-0.1, -0.05) is 41.4 Å². The molecule has 0 spiro atoms. The lowest BCUT2D eigenvalue weighted by atomic mass is 10.2. The molecule has 0 radical (unpaired) electrons. The molecule has 2 heterocycles. The number of aromatic nitrogens is 4. The maximum Gasteiger partial charge on any atom is 0.361 e. The van der Waals surface area contributed by atoms with Crippen molar-refractivity contribution in [2.24, 2.45) is 0 Å². The Labute approximate surface area is 143 Å². The van der Waals surface area contributed by atoms with Crippen molar-refractivity contribution >= 4 is 17.6 Å². The molecule has 2 aromatic heterocycles. The zero-order valence-corrected chi connectivity index (χ0v) is 13.7. The molecular formula is C16H15ClN4O3. The van der Waals surface area contributed by atoms with Crippen LogP contribution in [0.4, 0.5) is 0 Å². The summed E-state index contributed by atoms with van der Waals surface area (Å²) in [5.74, 6) is -0.0919. The Morgan fingerprint density at radius 3 is 2.96 bits per heavy atom. The van der Waals surface area contributed by atoms with Crippen LogP contribution in [-0.4, -0.2) is 26.1 Å². The van der Waals surface area contributed by atoms with Crippen LogP contribution in [0.1, 0.15) is 35.3 Å². The maximum absolute atomic E-state index is 12.3.